The molecule has 0 spiro atoms. The average molecular weight is 304 g/mol. The molecule has 4 nitrogen and oxygen atoms in total. The van der Waals surface area contributed by atoms with Crippen LogP contribution in [0.2, 0.25) is 0 Å². The number of aromatic nitrogens is 1. The first-order valence-corrected chi connectivity index (χ1v) is 6.12. The van der Waals surface area contributed by atoms with Crippen molar-refractivity contribution in [3.8, 4) is 0 Å². The van der Waals surface area contributed by atoms with Crippen LogP contribution in [0.1, 0.15) is 20.3 Å². The lowest BCUT2D eigenvalue weighted by Gasteiger charge is -2.09. The predicted octanol–water partition coefficient (Wildman–Crippen LogP) is 2.31. The normalized spacial score (nSPS) is 10.4. The molecule has 0 radical (unpaired) electrons. The number of carbonyl (C=O) groups is 1. The highest BCUT2D eigenvalue weighted by atomic mass is 79.9. The van der Waals surface area contributed by atoms with E-state index < -0.39 is 5.82 Å². The molecule has 0 unspecified atom stereocenters. The van der Waals surface area contributed by atoms with Gasteiger partial charge in [0.2, 0.25) is 5.91 Å². The number of carbonyl (C=O) groups excluding carboxylic acids is 1. The minimum atomic E-state index is -0.441. The molecular weight excluding hydrogens is 289 g/mol. The first-order valence-electron chi connectivity index (χ1n) is 5.33. The number of rotatable bonds is 5. The van der Waals surface area contributed by atoms with Gasteiger partial charge in [0.15, 0.2) is 11.6 Å². The van der Waals surface area contributed by atoms with Crippen molar-refractivity contribution >= 4 is 27.7 Å². The molecule has 6 heteroatoms. The van der Waals surface area contributed by atoms with Gasteiger partial charge < -0.3 is 10.6 Å². The summed E-state index contributed by atoms with van der Waals surface area (Å²) in [6, 6.07) is 1.44. The number of pyridine rings is 1. The monoisotopic (exact) mass is 303 g/mol. The molecule has 0 saturated carbocycles. The fraction of sp³-hybridized carbons (Fsp3) is 0.455. The Bertz CT molecular complexity index is 398. The second-order valence-electron chi connectivity index (χ2n) is 3.88. The second-order valence-corrected chi connectivity index (χ2v) is 4.80. The largest absolute Gasteiger partial charge is 0.367 e. The summed E-state index contributed by atoms with van der Waals surface area (Å²) in [6.07, 6.45) is 1.79. The third kappa shape index (κ3) is 5.12. The molecule has 0 aromatic carbocycles. The molecule has 0 bridgehead atoms. The third-order valence-corrected chi connectivity index (χ3v) is 2.34. The first-order chi connectivity index (χ1) is 7.99. The lowest BCUT2D eigenvalue weighted by Crippen LogP contribution is -2.31. The standard InChI is InChI=1S/C11H15BrFN3O/c1-7(2)16-10(17)3-4-14-11-9(13)5-8(12)6-15-11/h5-7H,3-4H2,1-2H3,(H,14,15)(H,16,17). The Morgan fingerprint density at radius 2 is 2.29 bits per heavy atom. The van der Waals surface area contributed by atoms with Gasteiger partial charge >= 0.3 is 0 Å². The highest BCUT2D eigenvalue weighted by molar-refractivity contribution is 9.10. The van der Waals surface area contributed by atoms with Crippen LogP contribution in [0.15, 0.2) is 16.7 Å². The molecule has 1 heterocycles. The van der Waals surface area contributed by atoms with E-state index in [-0.39, 0.29) is 24.2 Å². The number of hydrogen-bond donors (Lipinski definition) is 2. The van der Waals surface area contributed by atoms with E-state index in [0.29, 0.717) is 11.0 Å². The van der Waals surface area contributed by atoms with Crippen LogP contribution in [-0.2, 0) is 4.79 Å². The minimum absolute atomic E-state index is 0.0648. The maximum atomic E-state index is 13.3. The highest BCUT2D eigenvalue weighted by Gasteiger charge is 2.06. The summed E-state index contributed by atoms with van der Waals surface area (Å²) in [4.78, 5) is 15.2. The predicted molar refractivity (Wildman–Crippen MR) is 68.3 cm³/mol. The topological polar surface area (TPSA) is 54.0 Å². The van der Waals surface area contributed by atoms with Gasteiger partial charge in [0, 0.05) is 29.7 Å². The summed E-state index contributed by atoms with van der Waals surface area (Å²) in [7, 11) is 0. The molecule has 1 aromatic heterocycles. The van der Waals surface area contributed by atoms with E-state index in [4.69, 9.17) is 0 Å². The zero-order chi connectivity index (χ0) is 12.8. The SMILES string of the molecule is CC(C)NC(=O)CCNc1ncc(Br)cc1F. The van der Waals surface area contributed by atoms with Crippen LogP contribution in [0.4, 0.5) is 10.2 Å². The number of nitrogens with one attached hydrogen (secondary N) is 2. The van der Waals surface area contributed by atoms with Gasteiger partial charge in [-0.3, -0.25) is 4.79 Å². The molecule has 1 amide bonds. The zero-order valence-electron chi connectivity index (χ0n) is 9.76. The first kappa shape index (κ1) is 13.9. The maximum Gasteiger partial charge on any atom is 0.221 e. The lowest BCUT2D eigenvalue weighted by atomic mass is 10.3. The van der Waals surface area contributed by atoms with Crippen molar-refractivity contribution in [3.05, 3.63) is 22.6 Å². The fourth-order valence-electron chi connectivity index (χ4n) is 1.23. The number of amides is 1. The Kier molecular flexibility index (Phi) is 5.34. The summed E-state index contributed by atoms with van der Waals surface area (Å²) < 4.78 is 13.9. The van der Waals surface area contributed by atoms with Gasteiger partial charge in [0.25, 0.3) is 0 Å². The Morgan fingerprint density at radius 1 is 1.59 bits per heavy atom. The molecule has 0 saturated heterocycles. The second kappa shape index (κ2) is 6.54. The number of hydrogen-bond acceptors (Lipinski definition) is 3. The smallest absolute Gasteiger partial charge is 0.221 e. The van der Waals surface area contributed by atoms with Gasteiger partial charge in [-0.25, -0.2) is 9.37 Å². The van der Waals surface area contributed by atoms with Crippen LogP contribution in [0.5, 0.6) is 0 Å². The van der Waals surface area contributed by atoms with Crippen molar-refractivity contribution in [1.29, 1.82) is 0 Å². The minimum Gasteiger partial charge on any atom is -0.367 e. The molecule has 94 valence electrons. The Hall–Kier alpha value is -1.17. The Labute approximate surface area is 108 Å². The van der Waals surface area contributed by atoms with Gasteiger partial charge in [-0.2, -0.15) is 0 Å². The van der Waals surface area contributed by atoms with Gasteiger partial charge in [-0.15, -0.1) is 0 Å². The highest BCUT2D eigenvalue weighted by Crippen LogP contribution is 2.15. The van der Waals surface area contributed by atoms with Gasteiger partial charge in [0.05, 0.1) is 0 Å². The molecule has 0 aliphatic rings. The molecule has 1 aromatic rings. The van der Waals surface area contributed by atoms with E-state index in [9.17, 15) is 9.18 Å². The summed E-state index contributed by atoms with van der Waals surface area (Å²) in [5, 5.41) is 5.53. The molecule has 17 heavy (non-hydrogen) atoms. The number of anilines is 1. The van der Waals surface area contributed by atoms with Crippen molar-refractivity contribution in [2.24, 2.45) is 0 Å². The van der Waals surface area contributed by atoms with Crippen LogP contribution < -0.4 is 10.6 Å². The van der Waals surface area contributed by atoms with Gasteiger partial charge in [0.1, 0.15) is 0 Å². The van der Waals surface area contributed by atoms with Crippen molar-refractivity contribution < 1.29 is 9.18 Å². The maximum absolute atomic E-state index is 13.3. The summed E-state index contributed by atoms with van der Waals surface area (Å²) >= 11 is 3.12. The van der Waals surface area contributed by atoms with Crippen LogP contribution in [0.3, 0.4) is 0 Å². The Balaban J connectivity index is 2.38. The number of halogens is 2. The molecule has 2 N–H and O–H groups in total. The van der Waals surface area contributed by atoms with E-state index in [1.165, 1.54) is 12.3 Å². The van der Waals surface area contributed by atoms with Crippen LogP contribution >= 0.6 is 15.9 Å². The molecule has 0 fully saturated rings. The zero-order valence-corrected chi connectivity index (χ0v) is 11.3. The van der Waals surface area contributed by atoms with Gasteiger partial charge in [-0.05, 0) is 35.8 Å². The van der Waals surface area contributed by atoms with Gasteiger partial charge in [-0.1, -0.05) is 0 Å². The van der Waals surface area contributed by atoms with Crippen molar-refractivity contribution in [3.63, 3.8) is 0 Å². The van der Waals surface area contributed by atoms with E-state index in [1.807, 2.05) is 13.8 Å². The lowest BCUT2D eigenvalue weighted by molar-refractivity contribution is -0.121. The number of nitrogens with zero attached hydrogens (tertiary/aromatic N) is 1. The van der Waals surface area contributed by atoms with E-state index >= 15 is 0 Å². The van der Waals surface area contributed by atoms with Crippen molar-refractivity contribution in [2.45, 2.75) is 26.3 Å². The van der Waals surface area contributed by atoms with Crippen LogP contribution in [0, 0.1) is 5.82 Å². The van der Waals surface area contributed by atoms with E-state index in [2.05, 4.69) is 31.5 Å². The van der Waals surface area contributed by atoms with Crippen LogP contribution in [0.25, 0.3) is 0 Å². The van der Waals surface area contributed by atoms with Crippen molar-refractivity contribution in [2.75, 3.05) is 11.9 Å². The van der Waals surface area contributed by atoms with Crippen LogP contribution in [-0.4, -0.2) is 23.5 Å². The summed E-state index contributed by atoms with van der Waals surface area (Å²) in [5.74, 6) is -0.348. The molecule has 1 rings (SSSR count). The quantitative estimate of drug-likeness (QED) is 0.877. The Morgan fingerprint density at radius 3 is 2.88 bits per heavy atom. The van der Waals surface area contributed by atoms with Crippen molar-refractivity contribution in [1.82, 2.24) is 10.3 Å². The molecule has 0 aliphatic heterocycles. The summed E-state index contributed by atoms with van der Waals surface area (Å²) in [5.41, 5.74) is 0. The molecular formula is C11H15BrFN3O. The fourth-order valence-corrected chi connectivity index (χ4v) is 1.54. The molecule has 0 aliphatic carbocycles. The van der Waals surface area contributed by atoms with E-state index in [0.717, 1.165) is 0 Å². The van der Waals surface area contributed by atoms with E-state index in [1.54, 1.807) is 0 Å². The molecule has 0 atom stereocenters. The summed E-state index contributed by atoms with van der Waals surface area (Å²) in [6.45, 7) is 4.13. The average Bonchev–Trinajstić information content (AvgIpc) is 2.20. The third-order valence-electron chi connectivity index (χ3n) is 1.90.